The Kier molecular flexibility index (Phi) is 4.31. The molecule has 0 radical (unpaired) electrons. The predicted octanol–water partition coefficient (Wildman–Crippen LogP) is 3.62. The van der Waals surface area contributed by atoms with E-state index in [0.717, 1.165) is 16.6 Å². The SMILES string of the molecule is CN(C)Cc1cccc(-c2nc(-c3ccc(Br)cn3)no2)c1. The van der Waals surface area contributed by atoms with E-state index in [4.69, 9.17) is 4.52 Å². The highest BCUT2D eigenvalue weighted by atomic mass is 79.9. The monoisotopic (exact) mass is 358 g/mol. The lowest BCUT2D eigenvalue weighted by Crippen LogP contribution is -2.10. The molecule has 0 spiro atoms. The number of halogens is 1. The van der Waals surface area contributed by atoms with Crippen molar-refractivity contribution in [2.75, 3.05) is 14.1 Å². The summed E-state index contributed by atoms with van der Waals surface area (Å²) in [5.41, 5.74) is 2.79. The molecule has 0 fully saturated rings. The van der Waals surface area contributed by atoms with Crippen LogP contribution < -0.4 is 0 Å². The first-order valence-electron chi connectivity index (χ1n) is 6.81. The van der Waals surface area contributed by atoms with E-state index in [2.05, 4.69) is 48.1 Å². The molecule has 0 saturated carbocycles. The van der Waals surface area contributed by atoms with Crippen LogP contribution in [0.25, 0.3) is 23.0 Å². The van der Waals surface area contributed by atoms with E-state index in [1.54, 1.807) is 6.20 Å². The van der Waals surface area contributed by atoms with E-state index < -0.39 is 0 Å². The molecule has 0 N–H and O–H groups in total. The fraction of sp³-hybridized carbons (Fsp3) is 0.188. The number of hydrogen-bond donors (Lipinski definition) is 0. The molecule has 1 aromatic carbocycles. The molecule has 3 aromatic rings. The van der Waals surface area contributed by atoms with Crippen LogP contribution in [0.4, 0.5) is 0 Å². The van der Waals surface area contributed by atoms with Crippen molar-refractivity contribution in [1.29, 1.82) is 0 Å². The van der Waals surface area contributed by atoms with E-state index in [0.29, 0.717) is 17.4 Å². The molecule has 0 aliphatic heterocycles. The summed E-state index contributed by atoms with van der Waals surface area (Å²) in [5.74, 6) is 0.987. The van der Waals surface area contributed by atoms with Crippen LogP contribution >= 0.6 is 15.9 Å². The van der Waals surface area contributed by atoms with Gasteiger partial charge in [0.2, 0.25) is 5.82 Å². The zero-order valence-corrected chi connectivity index (χ0v) is 13.9. The summed E-state index contributed by atoms with van der Waals surface area (Å²) in [4.78, 5) is 10.8. The summed E-state index contributed by atoms with van der Waals surface area (Å²) >= 11 is 3.36. The molecule has 0 aliphatic carbocycles. The molecule has 22 heavy (non-hydrogen) atoms. The first-order valence-corrected chi connectivity index (χ1v) is 7.61. The Balaban J connectivity index is 1.89. The number of aromatic nitrogens is 3. The highest BCUT2D eigenvalue weighted by molar-refractivity contribution is 9.10. The van der Waals surface area contributed by atoms with Crippen LogP contribution in [-0.4, -0.2) is 34.1 Å². The molecule has 2 heterocycles. The minimum atomic E-state index is 0.487. The maximum atomic E-state index is 5.37. The lowest BCUT2D eigenvalue weighted by Gasteiger charge is -2.09. The lowest BCUT2D eigenvalue weighted by molar-refractivity contribution is 0.402. The topological polar surface area (TPSA) is 55.1 Å². The third-order valence-electron chi connectivity index (χ3n) is 3.06. The molecule has 0 amide bonds. The van der Waals surface area contributed by atoms with Crippen LogP contribution in [0.5, 0.6) is 0 Å². The van der Waals surface area contributed by atoms with E-state index in [9.17, 15) is 0 Å². The van der Waals surface area contributed by atoms with Crippen LogP contribution in [0.15, 0.2) is 51.6 Å². The highest BCUT2D eigenvalue weighted by Crippen LogP contribution is 2.23. The summed E-state index contributed by atoms with van der Waals surface area (Å²) in [7, 11) is 4.08. The first-order chi connectivity index (χ1) is 10.6. The van der Waals surface area contributed by atoms with Crippen LogP contribution in [0.2, 0.25) is 0 Å². The average Bonchev–Trinajstić information content (AvgIpc) is 2.97. The summed E-state index contributed by atoms with van der Waals surface area (Å²) in [6, 6.07) is 11.8. The Bertz CT molecular complexity index is 768. The average molecular weight is 359 g/mol. The second kappa shape index (κ2) is 6.37. The van der Waals surface area contributed by atoms with Crippen molar-refractivity contribution in [1.82, 2.24) is 20.0 Å². The minimum Gasteiger partial charge on any atom is -0.334 e. The first kappa shape index (κ1) is 14.9. The number of pyridine rings is 1. The maximum Gasteiger partial charge on any atom is 0.258 e. The van der Waals surface area contributed by atoms with Gasteiger partial charge in [0.05, 0.1) is 0 Å². The van der Waals surface area contributed by atoms with Gasteiger partial charge in [0.25, 0.3) is 5.89 Å². The highest BCUT2D eigenvalue weighted by Gasteiger charge is 2.12. The third kappa shape index (κ3) is 3.40. The molecule has 112 valence electrons. The van der Waals surface area contributed by atoms with Gasteiger partial charge in [-0.1, -0.05) is 17.3 Å². The molecule has 2 aromatic heterocycles. The van der Waals surface area contributed by atoms with Crippen LogP contribution in [-0.2, 0) is 6.54 Å². The van der Waals surface area contributed by atoms with Crippen molar-refractivity contribution in [3.63, 3.8) is 0 Å². The molecule has 3 rings (SSSR count). The lowest BCUT2D eigenvalue weighted by atomic mass is 10.1. The summed E-state index contributed by atoms with van der Waals surface area (Å²) < 4.78 is 6.28. The standard InChI is InChI=1S/C16H15BrN4O/c1-21(2)10-11-4-3-5-12(8-11)16-19-15(20-22-16)14-7-6-13(17)9-18-14/h3-9H,10H2,1-2H3. The van der Waals surface area contributed by atoms with Gasteiger partial charge in [-0.3, -0.25) is 4.98 Å². The van der Waals surface area contributed by atoms with Gasteiger partial charge in [0.1, 0.15) is 5.69 Å². The molecule has 0 aliphatic rings. The van der Waals surface area contributed by atoms with Gasteiger partial charge in [0, 0.05) is 22.8 Å². The third-order valence-corrected chi connectivity index (χ3v) is 3.52. The van der Waals surface area contributed by atoms with E-state index in [-0.39, 0.29) is 0 Å². The fourth-order valence-electron chi connectivity index (χ4n) is 2.12. The molecule has 0 atom stereocenters. The largest absolute Gasteiger partial charge is 0.334 e. The quantitative estimate of drug-likeness (QED) is 0.712. The molecular formula is C16H15BrN4O. The Hall–Kier alpha value is -2.05. The van der Waals surface area contributed by atoms with Crippen molar-refractivity contribution in [2.45, 2.75) is 6.54 Å². The zero-order chi connectivity index (χ0) is 15.5. The van der Waals surface area contributed by atoms with Gasteiger partial charge in [0.15, 0.2) is 0 Å². The van der Waals surface area contributed by atoms with Crippen LogP contribution in [0, 0.1) is 0 Å². The summed E-state index contributed by atoms with van der Waals surface area (Å²) in [6.45, 7) is 0.864. The summed E-state index contributed by atoms with van der Waals surface area (Å²) in [5, 5.41) is 4.01. The maximum absolute atomic E-state index is 5.37. The van der Waals surface area contributed by atoms with Crippen LogP contribution in [0.3, 0.4) is 0 Å². The number of hydrogen-bond acceptors (Lipinski definition) is 5. The number of benzene rings is 1. The van der Waals surface area contributed by atoms with E-state index in [1.165, 1.54) is 5.56 Å². The molecule has 5 nitrogen and oxygen atoms in total. The smallest absolute Gasteiger partial charge is 0.258 e. The van der Waals surface area contributed by atoms with Gasteiger partial charge in [-0.05, 0) is 59.9 Å². The van der Waals surface area contributed by atoms with Gasteiger partial charge in [-0.15, -0.1) is 0 Å². The summed E-state index contributed by atoms with van der Waals surface area (Å²) in [6.07, 6.45) is 1.71. The Morgan fingerprint density at radius 1 is 1.18 bits per heavy atom. The van der Waals surface area contributed by atoms with Gasteiger partial charge < -0.3 is 9.42 Å². The van der Waals surface area contributed by atoms with Gasteiger partial charge in [-0.2, -0.15) is 4.98 Å². The molecule has 0 bridgehead atoms. The Morgan fingerprint density at radius 2 is 2.05 bits per heavy atom. The molecular weight excluding hydrogens is 344 g/mol. The van der Waals surface area contributed by atoms with Crippen molar-refractivity contribution in [2.24, 2.45) is 0 Å². The van der Waals surface area contributed by atoms with Crippen molar-refractivity contribution in [3.8, 4) is 23.0 Å². The molecule has 6 heteroatoms. The van der Waals surface area contributed by atoms with Crippen LogP contribution in [0.1, 0.15) is 5.56 Å². The van der Waals surface area contributed by atoms with Crippen molar-refractivity contribution < 1.29 is 4.52 Å². The number of nitrogens with zero attached hydrogens (tertiary/aromatic N) is 4. The van der Waals surface area contributed by atoms with Crippen molar-refractivity contribution in [3.05, 3.63) is 52.6 Å². The van der Waals surface area contributed by atoms with Gasteiger partial charge in [-0.25, -0.2) is 0 Å². The zero-order valence-electron chi connectivity index (χ0n) is 12.3. The molecule has 0 saturated heterocycles. The normalized spacial score (nSPS) is 11.1. The Labute approximate surface area is 137 Å². The van der Waals surface area contributed by atoms with Gasteiger partial charge >= 0.3 is 0 Å². The molecule has 0 unspecified atom stereocenters. The predicted molar refractivity (Wildman–Crippen MR) is 88.1 cm³/mol. The van der Waals surface area contributed by atoms with E-state index in [1.807, 2.05) is 38.4 Å². The van der Waals surface area contributed by atoms with Crippen molar-refractivity contribution >= 4 is 15.9 Å². The van der Waals surface area contributed by atoms with E-state index >= 15 is 0 Å². The fourth-order valence-corrected chi connectivity index (χ4v) is 2.36. The second-order valence-corrected chi connectivity index (χ2v) is 6.14. The Morgan fingerprint density at radius 3 is 2.77 bits per heavy atom. The second-order valence-electron chi connectivity index (χ2n) is 5.22. The number of rotatable bonds is 4. The minimum absolute atomic E-state index is 0.487.